The third kappa shape index (κ3) is 4.36. The summed E-state index contributed by atoms with van der Waals surface area (Å²) in [6, 6.07) is 16.9. The van der Waals surface area contributed by atoms with Crippen LogP contribution < -0.4 is 4.74 Å². The lowest BCUT2D eigenvalue weighted by molar-refractivity contribution is 0.0982. The average Bonchev–Trinajstić information content (AvgIpc) is 3.26. The first kappa shape index (κ1) is 20.8. The molecule has 2 aromatic carbocycles. The number of Topliss-reactive ketones (excluding diaryl/α,β-unsaturated/α-hetero) is 1. The molecule has 158 valence electrons. The van der Waals surface area contributed by atoms with Gasteiger partial charge in [-0.2, -0.15) is 0 Å². The predicted molar refractivity (Wildman–Crippen MR) is 117 cm³/mol. The third-order valence-electron chi connectivity index (χ3n) is 5.02. The second kappa shape index (κ2) is 8.73. The van der Waals surface area contributed by atoms with E-state index >= 15 is 0 Å². The van der Waals surface area contributed by atoms with E-state index in [-0.39, 0.29) is 15.6 Å². The molecular weight excluding hydrogens is 412 g/mol. The lowest BCUT2D eigenvalue weighted by Crippen LogP contribution is -2.06. The number of fused-ring (bicyclic) bond motifs is 1. The molecule has 6 nitrogen and oxygen atoms in total. The molecule has 2 aromatic heterocycles. The zero-order valence-electron chi connectivity index (χ0n) is 17.1. The molecular formula is C24H22N2O4S. The molecule has 0 bridgehead atoms. The second-order valence-electron chi connectivity index (χ2n) is 7.06. The Morgan fingerprint density at radius 2 is 1.81 bits per heavy atom. The van der Waals surface area contributed by atoms with Crippen molar-refractivity contribution >= 4 is 21.3 Å². The largest absolute Gasteiger partial charge is 0.493 e. The van der Waals surface area contributed by atoms with E-state index in [1.165, 1.54) is 0 Å². The van der Waals surface area contributed by atoms with Gasteiger partial charge < -0.3 is 9.14 Å². The predicted octanol–water partition coefficient (Wildman–Crippen LogP) is 4.38. The van der Waals surface area contributed by atoms with E-state index in [9.17, 15) is 13.2 Å². The molecule has 0 aliphatic rings. The van der Waals surface area contributed by atoms with Crippen molar-refractivity contribution in [3.05, 3.63) is 90.4 Å². The highest BCUT2D eigenvalue weighted by molar-refractivity contribution is 7.91. The van der Waals surface area contributed by atoms with Crippen LogP contribution in [0.1, 0.15) is 29.3 Å². The third-order valence-corrected chi connectivity index (χ3v) is 6.83. The van der Waals surface area contributed by atoms with Crippen LogP contribution in [0.25, 0.3) is 5.65 Å². The number of aromatic nitrogens is 2. The van der Waals surface area contributed by atoms with Gasteiger partial charge in [0, 0.05) is 30.6 Å². The number of aryl methyl sites for hydroxylation is 1. The number of carbonyl (C=O) groups excluding carboxylic acids is 1. The minimum Gasteiger partial charge on any atom is -0.493 e. The SMILES string of the molecule is CCOc1ccccc1S(=O)(=O)c1ccc(CCC(=O)c2ccc3nccn3c2)cc1. The summed E-state index contributed by atoms with van der Waals surface area (Å²) in [5, 5.41) is 0. The van der Waals surface area contributed by atoms with Crippen LogP contribution in [0.4, 0.5) is 0 Å². The number of imidazole rings is 1. The second-order valence-corrected chi connectivity index (χ2v) is 8.98. The van der Waals surface area contributed by atoms with E-state index in [1.807, 2.05) is 17.4 Å². The molecule has 7 heteroatoms. The van der Waals surface area contributed by atoms with Crippen molar-refractivity contribution in [3.63, 3.8) is 0 Å². The molecule has 0 radical (unpaired) electrons. The van der Waals surface area contributed by atoms with Gasteiger partial charge in [-0.05, 0) is 55.3 Å². The molecule has 0 N–H and O–H groups in total. The standard InChI is InChI=1S/C24H22N2O4S/c1-2-30-22-5-3-4-6-23(22)31(28,29)20-11-7-18(8-12-20)9-13-21(27)19-10-14-24-25-15-16-26(24)17-19/h3-8,10-12,14-17H,2,9,13H2,1H3. The van der Waals surface area contributed by atoms with Crippen molar-refractivity contribution in [2.45, 2.75) is 29.6 Å². The van der Waals surface area contributed by atoms with Crippen LogP contribution >= 0.6 is 0 Å². The van der Waals surface area contributed by atoms with Crippen LogP contribution in [0.5, 0.6) is 5.75 Å². The molecule has 0 saturated carbocycles. The Bertz CT molecular complexity index is 1330. The average molecular weight is 435 g/mol. The fraction of sp³-hybridized carbons (Fsp3) is 0.167. The lowest BCUT2D eigenvalue weighted by Gasteiger charge is -2.11. The maximum absolute atomic E-state index is 13.0. The van der Waals surface area contributed by atoms with Crippen molar-refractivity contribution in [1.29, 1.82) is 0 Å². The van der Waals surface area contributed by atoms with Gasteiger partial charge in [0.25, 0.3) is 0 Å². The van der Waals surface area contributed by atoms with E-state index in [4.69, 9.17) is 4.74 Å². The zero-order valence-corrected chi connectivity index (χ0v) is 17.9. The first-order chi connectivity index (χ1) is 15.0. The summed E-state index contributed by atoms with van der Waals surface area (Å²) in [7, 11) is -3.70. The van der Waals surface area contributed by atoms with Crippen LogP contribution in [0.3, 0.4) is 0 Å². The Morgan fingerprint density at radius 1 is 1.03 bits per heavy atom. The smallest absolute Gasteiger partial charge is 0.210 e. The number of ether oxygens (including phenoxy) is 1. The summed E-state index contributed by atoms with van der Waals surface area (Å²) in [6.45, 7) is 2.19. The summed E-state index contributed by atoms with van der Waals surface area (Å²) in [5.41, 5.74) is 2.31. The highest BCUT2D eigenvalue weighted by atomic mass is 32.2. The Hall–Kier alpha value is -3.45. The van der Waals surface area contributed by atoms with Crippen LogP contribution in [0, 0.1) is 0 Å². The molecule has 0 aliphatic heterocycles. The van der Waals surface area contributed by atoms with Gasteiger partial charge in [0.05, 0.1) is 11.5 Å². The van der Waals surface area contributed by atoms with Crippen LogP contribution in [0.15, 0.2) is 89.0 Å². The molecule has 0 fully saturated rings. The Morgan fingerprint density at radius 3 is 2.58 bits per heavy atom. The van der Waals surface area contributed by atoms with Gasteiger partial charge in [-0.25, -0.2) is 13.4 Å². The number of hydrogen-bond acceptors (Lipinski definition) is 5. The number of nitrogens with zero attached hydrogens (tertiary/aromatic N) is 2. The monoisotopic (exact) mass is 434 g/mol. The summed E-state index contributed by atoms with van der Waals surface area (Å²) in [4.78, 5) is 17.1. The number of sulfone groups is 1. The van der Waals surface area contributed by atoms with Gasteiger partial charge in [-0.15, -0.1) is 0 Å². The fourth-order valence-electron chi connectivity index (χ4n) is 3.40. The number of hydrogen-bond donors (Lipinski definition) is 0. The Balaban J connectivity index is 1.47. The molecule has 0 saturated heterocycles. The minimum atomic E-state index is -3.70. The van der Waals surface area contributed by atoms with Crippen molar-refractivity contribution < 1.29 is 17.9 Å². The summed E-state index contributed by atoms with van der Waals surface area (Å²) < 4.78 is 33.4. The fourth-order valence-corrected chi connectivity index (χ4v) is 4.79. The molecule has 4 rings (SSSR count). The number of para-hydroxylation sites is 1. The van der Waals surface area contributed by atoms with E-state index in [0.717, 1.165) is 11.2 Å². The van der Waals surface area contributed by atoms with Gasteiger partial charge in [0.15, 0.2) is 5.78 Å². The highest BCUT2D eigenvalue weighted by Gasteiger charge is 2.22. The van der Waals surface area contributed by atoms with Crippen molar-refractivity contribution in [3.8, 4) is 5.75 Å². The van der Waals surface area contributed by atoms with Crippen molar-refractivity contribution in [1.82, 2.24) is 9.38 Å². The molecule has 0 atom stereocenters. The first-order valence-electron chi connectivity index (χ1n) is 10.0. The van der Waals surface area contributed by atoms with Gasteiger partial charge >= 0.3 is 0 Å². The number of rotatable bonds is 8. The molecule has 2 heterocycles. The van der Waals surface area contributed by atoms with Gasteiger partial charge in [-0.3, -0.25) is 4.79 Å². The van der Waals surface area contributed by atoms with Crippen molar-refractivity contribution in [2.24, 2.45) is 0 Å². The molecule has 4 aromatic rings. The zero-order chi connectivity index (χ0) is 21.8. The Kier molecular flexibility index (Phi) is 5.86. The number of ketones is 1. The molecule has 0 amide bonds. The lowest BCUT2D eigenvalue weighted by atomic mass is 10.0. The highest BCUT2D eigenvalue weighted by Crippen LogP contribution is 2.29. The quantitative estimate of drug-likeness (QED) is 0.385. The Labute approximate surface area is 181 Å². The topological polar surface area (TPSA) is 77.7 Å². The summed E-state index contributed by atoms with van der Waals surface area (Å²) in [6.07, 6.45) is 6.12. The van der Waals surface area contributed by atoms with Crippen LogP contribution in [0.2, 0.25) is 0 Å². The van der Waals surface area contributed by atoms with E-state index in [1.54, 1.807) is 73.2 Å². The van der Waals surface area contributed by atoms with Crippen LogP contribution in [-0.2, 0) is 16.3 Å². The van der Waals surface area contributed by atoms with E-state index in [0.29, 0.717) is 30.8 Å². The van der Waals surface area contributed by atoms with Gasteiger partial charge in [0.2, 0.25) is 9.84 Å². The van der Waals surface area contributed by atoms with E-state index in [2.05, 4.69) is 4.98 Å². The normalized spacial score (nSPS) is 11.5. The minimum absolute atomic E-state index is 0.0259. The molecule has 0 unspecified atom stereocenters. The molecule has 31 heavy (non-hydrogen) atoms. The first-order valence-corrected chi connectivity index (χ1v) is 11.5. The van der Waals surface area contributed by atoms with Crippen LogP contribution in [-0.4, -0.2) is 30.2 Å². The summed E-state index contributed by atoms with van der Waals surface area (Å²) >= 11 is 0. The number of benzene rings is 2. The maximum atomic E-state index is 13.0. The van der Waals surface area contributed by atoms with Gasteiger partial charge in [0.1, 0.15) is 16.3 Å². The number of pyridine rings is 1. The summed E-state index contributed by atoms with van der Waals surface area (Å²) in [5.74, 6) is 0.368. The van der Waals surface area contributed by atoms with E-state index < -0.39 is 9.84 Å². The van der Waals surface area contributed by atoms with Crippen molar-refractivity contribution in [2.75, 3.05) is 6.61 Å². The number of carbonyl (C=O) groups is 1. The maximum Gasteiger partial charge on any atom is 0.210 e. The van der Waals surface area contributed by atoms with Gasteiger partial charge in [-0.1, -0.05) is 24.3 Å². The molecule has 0 aliphatic carbocycles. The molecule has 0 spiro atoms.